The van der Waals surface area contributed by atoms with Gasteiger partial charge < -0.3 is 4.74 Å². The first-order chi connectivity index (χ1) is 11.7. The molecule has 0 atom stereocenters. The van der Waals surface area contributed by atoms with Crippen LogP contribution in [0.1, 0.15) is 31.4 Å². The van der Waals surface area contributed by atoms with Gasteiger partial charge in [-0.25, -0.2) is 13.1 Å². The van der Waals surface area contributed by atoms with E-state index in [2.05, 4.69) is 4.72 Å². The van der Waals surface area contributed by atoms with Crippen molar-refractivity contribution in [1.29, 1.82) is 0 Å². The Morgan fingerprint density at radius 2 is 1.92 bits per heavy atom. The van der Waals surface area contributed by atoms with Crippen LogP contribution < -0.4 is 9.46 Å². The number of aryl methyl sites for hydroxylation is 1. The first-order valence-corrected chi connectivity index (χ1v) is 10.2. The van der Waals surface area contributed by atoms with Gasteiger partial charge in [-0.1, -0.05) is 29.3 Å². The van der Waals surface area contributed by atoms with E-state index in [4.69, 9.17) is 27.9 Å². The number of nitrogens with one attached hydrogen (secondary N) is 1. The maximum absolute atomic E-state index is 12.6. The minimum absolute atomic E-state index is 0.0962. The molecule has 0 spiro atoms. The molecule has 1 aliphatic rings. The lowest BCUT2D eigenvalue weighted by Crippen LogP contribution is -2.32. The molecule has 1 N–H and O–H groups in total. The molecule has 2 aromatic carbocycles. The molecule has 0 amide bonds. The topological polar surface area (TPSA) is 55.4 Å². The fourth-order valence-corrected chi connectivity index (χ4v) is 4.26. The van der Waals surface area contributed by atoms with E-state index >= 15 is 0 Å². The molecule has 134 valence electrons. The molecule has 1 heterocycles. The zero-order valence-corrected chi connectivity index (χ0v) is 16.3. The summed E-state index contributed by atoms with van der Waals surface area (Å²) in [5.41, 5.74) is 1.35. The predicted octanol–water partition coefficient (Wildman–Crippen LogP) is 4.58. The van der Waals surface area contributed by atoms with E-state index in [9.17, 15) is 8.42 Å². The monoisotopic (exact) mass is 399 g/mol. The Labute approximate surface area is 158 Å². The molecule has 25 heavy (non-hydrogen) atoms. The minimum atomic E-state index is -3.64. The number of sulfonamides is 1. The van der Waals surface area contributed by atoms with E-state index in [0.717, 1.165) is 24.2 Å². The van der Waals surface area contributed by atoms with Crippen molar-refractivity contribution in [2.75, 3.05) is 0 Å². The lowest BCUT2D eigenvalue weighted by atomic mass is 9.94. The van der Waals surface area contributed by atoms with Crippen LogP contribution in [0.5, 0.6) is 5.75 Å². The summed E-state index contributed by atoms with van der Waals surface area (Å²) < 4.78 is 33.6. The fraction of sp³-hybridized carbons (Fsp3) is 0.333. The minimum Gasteiger partial charge on any atom is -0.488 e. The van der Waals surface area contributed by atoms with Crippen LogP contribution in [0.25, 0.3) is 0 Å². The van der Waals surface area contributed by atoms with E-state index in [0.29, 0.717) is 15.6 Å². The van der Waals surface area contributed by atoms with Crippen LogP contribution in [-0.2, 0) is 23.0 Å². The molecule has 0 unspecified atom stereocenters. The Balaban J connectivity index is 1.79. The Morgan fingerprint density at radius 1 is 1.16 bits per heavy atom. The molecule has 2 aromatic rings. The van der Waals surface area contributed by atoms with Crippen molar-refractivity contribution < 1.29 is 13.2 Å². The Kier molecular flexibility index (Phi) is 5.04. The summed E-state index contributed by atoms with van der Waals surface area (Å²) in [5.74, 6) is 0.746. The molecule has 0 fully saturated rings. The molecule has 0 aromatic heterocycles. The molecule has 0 saturated carbocycles. The second kappa shape index (κ2) is 6.80. The van der Waals surface area contributed by atoms with E-state index in [1.54, 1.807) is 36.4 Å². The van der Waals surface area contributed by atoms with Crippen LogP contribution in [0.2, 0.25) is 10.0 Å². The van der Waals surface area contributed by atoms with Crippen molar-refractivity contribution in [2.45, 2.75) is 43.7 Å². The first-order valence-electron chi connectivity index (χ1n) is 7.92. The molecule has 4 nitrogen and oxygen atoms in total. The van der Waals surface area contributed by atoms with Gasteiger partial charge in [0.05, 0.1) is 4.90 Å². The SMILES string of the molecule is CC1(C)CCc2cc(S(=O)(=O)NCc3ccc(Cl)cc3Cl)ccc2O1. The van der Waals surface area contributed by atoms with E-state index in [-0.39, 0.29) is 17.0 Å². The highest BCUT2D eigenvalue weighted by Gasteiger charge is 2.27. The summed E-state index contributed by atoms with van der Waals surface area (Å²) in [5, 5.41) is 0.936. The summed E-state index contributed by atoms with van der Waals surface area (Å²) in [7, 11) is -3.64. The van der Waals surface area contributed by atoms with Gasteiger partial charge in [0.15, 0.2) is 0 Å². The molecule has 0 aliphatic carbocycles. The maximum atomic E-state index is 12.6. The number of benzene rings is 2. The van der Waals surface area contributed by atoms with Crippen LogP contribution in [0.3, 0.4) is 0 Å². The van der Waals surface area contributed by atoms with E-state index in [1.165, 1.54) is 0 Å². The number of halogens is 2. The normalized spacial score (nSPS) is 16.2. The van der Waals surface area contributed by atoms with Gasteiger partial charge in [0.1, 0.15) is 11.4 Å². The van der Waals surface area contributed by atoms with E-state index < -0.39 is 10.0 Å². The van der Waals surface area contributed by atoms with Crippen molar-refractivity contribution in [2.24, 2.45) is 0 Å². The smallest absolute Gasteiger partial charge is 0.240 e. The zero-order valence-electron chi connectivity index (χ0n) is 14.0. The van der Waals surface area contributed by atoms with Gasteiger partial charge >= 0.3 is 0 Å². The summed E-state index contributed by atoms with van der Waals surface area (Å²) in [6.45, 7) is 4.15. The van der Waals surface area contributed by atoms with Gasteiger partial charge in [0, 0.05) is 16.6 Å². The van der Waals surface area contributed by atoms with Gasteiger partial charge in [0.2, 0.25) is 10.0 Å². The van der Waals surface area contributed by atoms with Crippen molar-refractivity contribution in [3.63, 3.8) is 0 Å². The van der Waals surface area contributed by atoms with Crippen LogP contribution in [0.15, 0.2) is 41.3 Å². The summed E-state index contributed by atoms with van der Waals surface area (Å²) >= 11 is 11.9. The third-order valence-corrected chi connectivity index (χ3v) is 6.18. The summed E-state index contributed by atoms with van der Waals surface area (Å²) in [6.07, 6.45) is 1.63. The molecule has 0 saturated heterocycles. The highest BCUT2D eigenvalue weighted by Crippen LogP contribution is 2.34. The quantitative estimate of drug-likeness (QED) is 0.818. The third kappa shape index (κ3) is 4.29. The largest absolute Gasteiger partial charge is 0.488 e. The van der Waals surface area contributed by atoms with E-state index in [1.807, 2.05) is 13.8 Å². The van der Waals surface area contributed by atoms with Crippen molar-refractivity contribution >= 4 is 33.2 Å². The second-order valence-corrected chi connectivity index (χ2v) is 9.30. The van der Waals surface area contributed by atoms with Gasteiger partial charge in [-0.3, -0.25) is 0 Å². The number of hydrogen-bond acceptors (Lipinski definition) is 3. The number of fused-ring (bicyclic) bond motifs is 1. The zero-order chi connectivity index (χ0) is 18.2. The van der Waals surface area contributed by atoms with Crippen LogP contribution >= 0.6 is 23.2 Å². The van der Waals surface area contributed by atoms with Gasteiger partial charge in [-0.15, -0.1) is 0 Å². The number of rotatable bonds is 4. The van der Waals surface area contributed by atoms with Gasteiger partial charge in [0.25, 0.3) is 0 Å². The third-order valence-electron chi connectivity index (χ3n) is 4.19. The van der Waals surface area contributed by atoms with Gasteiger partial charge in [-0.05, 0) is 68.1 Å². The van der Waals surface area contributed by atoms with Crippen molar-refractivity contribution in [3.05, 3.63) is 57.6 Å². The standard InChI is InChI=1S/C18H19Cl2NO3S/c1-18(2)8-7-12-9-15(5-6-17(12)24-18)25(22,23)21-11-13-3-4-14(19)10-16(13)20/h3-6,9-10,21H,7-8,11H2,1-2H3. The molecule has 3 rings (SSSR count). The summed E-state index contributed by atoms with van der Waals surface area (Å²) in [4.78, 5) is 0.222. The van der Waals surface area contributed by atoms with Crippen LogP contribution in [0, 0.1) is 0 Å². The maximum Gasteiger partial charge on any atom is 0.240 e. The number of hydrogen-bond donors (Lipinski definition) is 1. The summed E-state index contributed by atoms with van der Waals surface area (Å²) in [6, 6.07) is 9.93. The Hall–Kier alpha value is -1.27. The molecule has 0 bridgehead atoms. The fourth-order valence-electron chi connectivity index (χ4n) is 2.72. The highest BCUT2D eigenvalue weighted by molar-refractivity contribution is 7.89. The Morgan fingerprint density at radius 3 is 2.64 bits per heavy atom. The average Bonchev–Trinajstić information content (AvgIpc) is 2.52. The molecular formula is C18H19Cl2NO3S. The molecule has 7 heteroatoms. The van der Waals surface area contributed by atoms with Gasteiger partial charge in [-0.2, -0.15) is 0 Å². The number of ether oxygens (including phenoxy) is 1. The van der Waals surface area contributed by atoms with Crippen LogP contribution in [-0.4, -0.2) is 14.0 Å². The predicted molar refractivity (Wildman–Crippen MR) is 100.0 cm³/mol. The second-order valence-electron chi connectivity index (χ2n) is 6.69. The molecule has 1 aliphatic heterocycles. The molecular weight excluding hydrogens is 381 g/mol. The van der Waals surface area contributed by atoms with Crippen molar-refractivity contribution in [3.8, 4) is 5.75 Å². The lowest BCUT2D eigenvalue weighted by molar-refractivity contribution is 0.0845. The van der Waals surface area contributed by atoms with Crippen molar-refractivity contribution in [1.82, 2.24) is 4.72 Å². The highest BCUT2D eigenvalue weighted by atomic mass is 35.5. The van der Waals surface area contributed by atoms with Crippen LogP contribution in [0.4, 0.5) is 0 Å². The lowest BCUT2D eigenvalue weighted by Gasteiger charge is -2.32. The first kappa shape index (κ1) is 18.5. The molecule has 0 radical (unpaired) electrons. The Bertz CT molecular complexity index is 911. The average molecular weight is 400 g/mol.